The minimum Gasteiger partial charge on any atom is -0.366 e. The molecule has 0 atom stereocenters. The Kier molecular flexibility index (Phi) is 7.21. The van der Waals surface area contributed by atoms with Crippen LogP contribution in [0.4, 0.5) is 0 Å². The predicted octanol–water partition coefficient (Wildman–Crippen LogP) is 8.61. The first-order chi connectivity index (χ1) is 25.1. The minimum atomic E-state index is -0.501. The molecule has 0 spiro atoms. The van der Waals surface area contributed by atoms with Crippen LogP contribution < -0.4 is 5.73 Å². The van der Waals surface area contributed by atoms with Gasteiger partial charge in [-0.3, -0.25) is 19.7 Å². The fourth-order valence-corrected chi connectivity index (χ4v) is 6.80. The second kappa shape index (κ2) is 12.3. The smallest absolute Gasteiger partial charge is 0.248 e. The van der Waals surface area contributed by atoms with Crippen molar-refractivity contribution >= 4 is 52.3 Å². The Balaban J connectivity index is 1.48. The Morgan fingerprint density at radius 2 is 0.804 bits per heavy atom. The van der Waals surface area contributed by atoms with Gasteiger partial charge in [-0.1, -0.05) is 12.1 Å². The lowest BCUT2D eigenvalue weighted by atomic mass is 10.0. The summed E-state index contributed by atoms with van der Waals surface area (Å²) in [7, 11) is 0. The van der Waals surface area contributed by atoms with Gasteiger partial charge >= 0.3 is 0 Å². The molecule has 9 nitrogen and oxygen atoms in total. The van der Waals surface area contributed by atoms with Gasteiger partial charge in [-0.25, -0.2) is 9.97 Å². The number of rotatable bonds is 5. The van der Waals surface area contributed by atoms with Crippen LogP contribution in [-0.4, -0.2) is 40.8 Å². The summed E-state index contributed by atoms with van der Waals surface area (Å²) in [4.78, 5) is 43.1. The van der Waals surface area contributed by atoms with Crippen LogP contribution in [0.15, 0.2) is 122 Å². The van der Waals surface area contributed by atoms with Gasteiger partial charge in [-0.05, 0) is 119 Å². The molecule has 6 aromatic heterocycles. The third-order valence-electron chi connectivity index (χ3n) is 9.10. The standard InChI is InChI=1S/C42H28N8O/c43-42(51)29-3-1-2-28(24-29)41-36-10-8-34(49-36)39(26-14-20-45-21-15-26)32-6-4-30(47-32)38(25-12-18-44-19-13-25)31-5-7-33(48-31)40(27-16-22-46-23-17-27)35-9-11-37(41)50-35/h1-24,47,50H,(H2,43,51). The SMILES string of the molecule is NC(=O)c1cccc(-c2c3nc(c(-c4ccncc4)c4ccc([nH]4)c(-c4ccncc4)c4nc(c(-c5ccncc5)c5ccc2[nH]5)C=C4)C=C3)c1. The average molecular weight is 661 g/mol. The molecule has 1 amide bonds. The molecule has 2 aliphatic rings. The maximum absolute atomic E-state index is 12.3. The summed E-state index contributed by atoms with van der Waals surface area (Å²) in [5.41, 5.74) is 20.0. The maximum atomic E-state index is 12.3. The Morgan fingerprint density at radius 1 is 0.451 bits per heavy atom. The zero-order chi connectivity index (χ0) is 34.3. The summed E-state index contributed by atoms with van der Waals surface area (Å²) < 4.78 is 0. The lowest BCUT2D eigenvalue weighted by Gasteiger charge is -2.07. The lowest BCUT2D eigenvalue weighted by molar-refractivity contribution is 0.100. The highest BCUT2D eigenvalue weighted by Gasteiger charge is 2.19. The van der Waals surface area contributed by atoms with Gasteiger partial charge in [0.05, 0.1) is 22.8 Å². The summed E-state index contributed by atoms with van der Waals surface area (Å²) >= 11 is 0. The molecular weight excluding hydrogens is 633 g/mol. The van der Waals surface area contributed by atoms with Gasteiger partial charge in [0.25, 0.3) is 0 Å². The second-order valence-corrected chi connectivity index (χ2v) is 12.2. The topological polar surface area (TPSA) is 139 Å². The summed E-state index contributed by atoms with van der Waals surface area (Å²) in [6, 6.07) is 27.5. The Bertz CT molecular complexity index is 2670. The molecule has 1 aromatic carbocycles. The molecule has 8 bridgehead atoms. The Hall–Kier alpha value is -7.26. The van der Waals surface area contributed by atoms with Crippen molar-refractivity contribution in [2.75, 3.05) is 0 Å². The maximum Gasteiger partial charge on any atom is 0.248 e. The number of hydrogen-bond donors (Lipinski definition) is 3. The largest absolute Gasteiger partial charge is 0.366 e. The van der Waals surface area contributed by atoms with Crippen LogP contribution in [0, 0.1) is 0 Å². The van der Waals surface area contributed by atoms with Crippen LogP contribution >= 0.6 is 0 Å². The van der Waals surface area contributed by atoms with Gasteiger partial charge in [0.15, 0.2) is 0 Å². The highest BCUT2D eigenvalue weighted by Crippen LogP contribution is 2.38. The third-order valence-corrected chi connectivity index (χ3v) is 9.10. The van der Waals surface area contributed by atoms with Gasteiger partial charge in [-0.2, -0.15) is 0 Å². The molecule has 8 heterocycles. The molecule has 0 aliphatic carbocycles. The van der Waals surface area contributed by atoms with Crippen molar-refractivity contribution in [1.29, 1.82) is 0 Å². The zero-order valence-electron chi connectivity index (χ0n) is 27.1. The van der Waals surface area contributed by atoms with Crippen LogP contribution in [-0.2, 0) is 0 Å². The predicted molar refractivity (Wildman–Crippen MR) is 203 cm³/mol. The summed E-state index contributed by atoms with van der Waals surface area (Å²) in [5.74, 6) is -0.501. The number of primary amides is 1. The molecule has 0 radical (unpaired) electrons. The zero-order valence-corrected chi connectivity index (χ0v) is 27.1. The van der Waals surface area contributed by atoms with E-state index >= 15 is 0 Å². The average Bonchev–Trinajstić information content (AvgIpc) is 4.01. The van der Waals surface area contributed by atoms with Gasteiger partial charge < -0.3 is 15.7 Å². The number of carbonyl (C=O) groups is 1. The van der Waals surface area contributed by atoms with Gasteiger partial charge in [0.2, 0.25) is 5.91 Å². The third kappa shape index (κ3) is 5.39. The molecule has 0 saturated carbocycles. The van der Waals surface area contributed by atoms with Crippen molar-refractivity contribution in [1.82, 2.24) is 34.9 Å². The number of aromatic amines is 2. The summed E-state index contributed by atoms with van der Waals surface area (Å²) in [6.45, 7) is 0. The molecule has 0 saturated heterocycles. The molecule has 51 heavy (non-hydrogen) atoms. The van der Waals surface area contributed by atoms with E-state index in [1.807, 2.05) is 72.8 Å². The highest BCUT2D eigenvalue weighted by atomic mass is 16.1. The van der Waals surface area contributed by atoms with Crippen molar-refractivity contribution in [3.8, 4) is 44.5 Å². The number of carbonyl (C=O) groups excluding carboxylic acids is 1. The van der Waals surface area contributed by atoms with Gasteiger partial charge in [0, 0.05) is 87.1 Å². The summed E-state index contributed by atoms with van der Waals surface area (Å²) in [5, 5.41) is 0. The molecular formula is C42H28N8O. The van der Waals surface area contributed by atoms with E-state index < -0.39 is 5.91 Å². The highest BCUT2D eigenvalue weighted by molar-refractivity contribution is 6.01. The number of aromatic nitrogens is 7. The normalized spacial score (nSPS) is 11.9. The molecule has 9 rings (SSSR count). The van der Waals surface area contributed by atoms with E-state index in [1.54, 1.807) is 43.2 Å². The number of hydrogen-bond acceptors (Lipinski definition) is 6. The van der Waals surface area contributed by atoms with Crippen LogP contribution in [0.3, 0.4) is 0 Å². The van der Waals surface area contributed by atoms with E-state index in [-0.39, 0.29) is 0 Å². The van der Waals surface area contributed by atoms with E-state index in [0.717, 1.165) is 89.4 Å². The first-order valence-corrected chi connectivity index (χ1v) is 16.4. The molecule has 0 unspecified atom stereocenters. The van der Waals surface area contributed by atoms with Crippen LogP contribution in [0.2, 0.25) is 0 Å². The number of benzene rings is 1. The quantitative estimate of drug-likeness (QED) is 0.169. The first kappa shape index (κ1) is 29.8. The van der Waals surface area contributed by atoms with E-state index in [0.29, 0.717) is 5.56 Å². The monoisotopic (exact) mass is 660 g/mol. The number of pyridine rings is 3. The van der Waals surface area contributed by atoms with Crippen LogP contribution in [0.5, 0.6) is 0 Å². The lowest BCUT2D eigenvalue weighted by Crippen LogP contribution is -2.10. The van der Waals surface area contributed by atoms with Crippen LogP contribution in [0.25, 0.3) is 90.9 Å². The van der Waals surface area contributed by atoms with Crippen molar-refractivity contribution in [3.63, 3.8) is 0 Å². The molecule has 7 aromatic rings. The van der Waals surface area contributed by atoms with Crippen molar-refractivity contribution < 1.29 is 4.79 Å². The Labute approximate surface area is 292 Å². The van der Waals surface area contributed by atoms with Gasteiger partial charge in [0.1, 0.15) is 0 Å². The van der Waals surface area contributed by atoms with Crippen molar-refractivity contribution in [2.24, 2.45) is 5.73 Å². The van der Waals surface area contributed by atoms with Gasteiger partial charge in [-0.15, -0.1) is 0 Å². The molecule has 2 aliphatic heterocycles. The minimum absolute atomic E-state index is 0.410. The number of fused-ring (bicyclic) bond motifs is 8. The molecule has 242 valence electrons. The number of nitrogens with one attached hydrogen (secondary N) is 2. The summed E-state index contributed by atoms with van der Waals surface area (Å²) in [6.07, 6.45) is 18.9. The molecule has 0 fully saturated rings. The fraction of sp³-hybridized carbons (Fsp3) is 0. The van der Waals surface area contributed by atoms with Crippen molar-refractivity contribution in [2.45, 2.75) is 0 Å². The van der Waals surface area contributed by atoms with E-state index in [1.165, 1.54) is 0 Å². The van der Waals surface area contributed by atoms with E-state index in [2.05, 4.69) is 55.3 Å². The Morgan fingerprint density at radius 3 is 1.16 bits per heavy atom. The fourth-order valence-electron chi connectivity index (χ4n) is 6.80. The number of nitrogens with zero attached hydrogens (tertiary/aromatic N) is 5. The van der Waals surface area contributed by atoms with Crippen LogP contribution in [0.1, 0.15) is 33.1 Å². The second-order valence-electron chi connectivity index (χ2n) is 12.2. The number of H-pyrrole nitrogens is 2. The van der Waals surface area contributed by atoms with E-state index in [9.17, 15) is 4.79 Å². The number of nitrogens with two attached hydrogens (primary N) is 1. The number of amides is 1. The van der Waals surface area contributed by atoms with E-state index in [4.69, 9.17) is 15.7 Å². The van der Waals surface area contributed by atoms with Crippen molar-refractivity contribution in [3.05, 3.63) is 150 Å². The first-order valence-electron chi connectivity index (χ1n) is 16.4. The molecule has 9 heteroatoms. The molecule has 4 N–H and O–H groups in total.